The fourth-order valence-corrected chi connectivity index (χ4v) is 2.58. The van der Waals surface area contributed by atoms with Crippen molar-refractivity contribution in [2.45, 2.75) is 12.7 Å². The molecule has 0 bridgehead atoms. The predicted molar refractivity (Wildman–Crippen MR) is 106 cm³/mol. The Hall–Kier alpha value is -2.85. The number of methoxy groups -OCH3 is 1. The molecule has 3 aromatic rings. The molecule has 2 heterocycles. The van der Waals surface area contributed by atoms with Gasteiger partial charge >= 0.3 is 6.18 Å². The maximum atomic E-state index is 12.9. The summed E-state index contributed by atoms with van der Waals surface area (Å²) in [4.78, 5) is 7.21. The van der Waals surface area contributed by atoms with Crippen LogP contribution in [0.4, 0.5) is 19.1 Å². The number of rotatable bonds is 5. The van der Waals surface area contributed by atoms with E-state index < -0.39 is 11.9 Å². The SMILES string of the molecule is COc1cc(C(F)(F)F)nc(NC(=S)NCc2ccc(-c3ccc(Cl)cc3)o2)n1. The smallest absolute Gasteiger partial charge is 0.433 e. The number of halogens is 4. The zero-order valence-corrected chi connectivity index (χ0v) is 16.5. The molecule has 0 atom stereocenters. The monoisotopic (exact) mass is 442 g/mol. The van der Waals surface area contributed by atoms with Crippen LogP contribution in [0.2, 0.25) is 5.02 Å². The highest BCUT2D eigenvalue weighted by Crippen LogP contribution is 2.30. The van der Waals surface area contributed by atoms with Crippen molar-refractivity contribution in [3.63, 3.8) is 0 Å². The van der Waals surface area contributed by atoms with Crippen LogP contribution in [-0.2, 0) is 12.7 Å². The summed E-state index contributed by atoms with van der Waals surface area (Å²) in [6, 6.07) is 11.4. The predicted octanol–water partition coefficient (Wildman–Crippen LogP) is 4.90. The molecule has 152 valence electrons. The van der Waals surface area contributed by atoms with Crippen LogP contribution < -0.4 is 15.4 Å². The van der Waals surface area contributed by atoms with E-state index in [1.54, 1.807) is 24.3 Å². The average Bonchev–Trinajstić information content (AvgIpc) is 3.15. The number of hydrogen-bond donors (Lipinski definition) is 2. The molecule has 0 spiro atoms. The first-order valence-corrected chi connectivity index (χ1v) is 8.93. The van der Waals surface area contributed by atoms with E-state index in [0.717, 1.165) is 5.56 Å². The fraction of sp³-hybridized carbons (Fsp3) is 0.167. The standard InChI is InChI=1S/C18H14ClF3N4O2S/c1-27-15-8-14(18(20,21)22)24-16(25-15)26-17(29)23-9-12-6-7-13(28-12)10-2-4-11(19)5-3-10/h2-8H,9H2,1H3,(H2,23,24,25,26,29). The van der Waals surface area contributed by atoms with Crippen LogP contribution in [0, 0.1) is 0 Å². The zero-order chi connectivity index (χ0) is 21.0. The van der Waals surface area contributed by atoms with E-state index in [9.17, 15) is 13.2 Å². The number of ether oxygens (including phenoxy) is 1. The van der Waals surface area contributed by atoms with Gasteiger partial charge in [0, 0.05) is 16.7 Å². The van der Waals surface area contributed by atoms with Crippen molar-refractivity contribution in [3.8, 4) is 17.2 Å². The molecule has 3 rings (SSSR count). The Morgan fingerprint density at radius 1 is 1.17 bits per heavy atom. The molecule has 0 aliphatic heterocycles. The van der Waals surface area contributed by atoms with E-state index in [0.29, 0.717) is 22.6 Å². The van der Waals surface area contributed by atoms with Gasteiger partial charge in [0.25, 0.3) is 0 Å². The first-order valence-electron chi connectivity index (χ1n) is 8.14. The van der Waals surface area contributed by atoms with Gasteiger partial charge in [-0.3, -0.25) is 0 Å². The van der Waals surface area contributed by atoms with Crippen molar-refractivity contribution in [2.75, 3.05) is 12.4 Å². The lowest BCUT2D eigenvalue weighted by Crippen LogP contribution is -2.29. The molecule has 1 aromatic carbocycles. The van der Waals surface area contributed by atoms with E-state index >= 15 is 0 Å². The summed E-state index contributed by atoms with van der Waals surface area (Å²) < 4.78 is 49.2. The van der Waals surface area contributed by atoms with Crippen LogP contribution in [0.5, 0.6) is 5.88 Å². The summed E-state index contributed by atoms with van der Waals surface area (Å²) in [7, 11) is 1.21. The van der Waals surface area contributed by atoms with Crippen molar-refractivity contribution in [1.29, 1.82) is 0 Å². The van der Waals surface area contributed by atoms with E-state index in [4.69, 9.17) is 33.0 Å². The number of alkyl halides is 3. The summed E-state index contributed by atoms with van der Waals surface area (Å²) >= 11 is 11.0. The Morgan fingerprint density at radius 3 is 2.55 bits per heavy atom. The van der Waals surface area contributed by atoms with E-state index in [2.05, 4.69) is 20.6 Å². The maximum absolute atomic E-state index is 12.9. The first kappa shape index (κ1) is 20.9. The molecule has 2 N–H and O–H groups in total. The molecule has 11 heteroatoms. The second-order valence-corrected chi connectivity index (χ2v) is 6.54. The lowest BCUT2D eigenvalue weighted by atomic mass is 10.2. The Morgan fingerprint density at radius 2 is 1.90 bits per heavy atom. The van der Waals surface area contributed by atoms with Gasteiger partial charge in [0.2, 0.25) is 11.8 Å². The second kappa shape index (κ2) is 8.66. The first-order chi connectivity index (χ1) is 13.7. The van der Waals surface area contributed by atoms with Crippen molar-refractivity contribution < 1.29 is 22.3 Å². The minimum Gasteiger partial charge on any atom is -0.481 e. The Kier molecular flexibility index (Phi) is 6.23. The normalized spacial score (nSPS) is 11.2. The summed E-state index contributed by atoms with van der Waals surface area (Å²) in [6.07, 6.45) is -4.64. The third kappa shape index (κ3) is 5.58. The summed E-state index contributed by atoms with van der Waals surface area (Å²) in [5.41, 5.74) is -0.292. The molecule has 29 heavy (non-hydrogen) atoms. The Labute approximate surface area is 174 Å². The molecule has 0 radical (unpaired) electrons. The molecule has 0 aliphatic rings. The molecule has 0 unspecified atom stereocenters. The molecule has 6 nitrogen and oxygen atoms in total. The van der Waals surface area contributed by atoms with Crippen LogP contribution in [0.3, 0.4) is 0 Å². The zero-order valence-electron chi connectivity index (χ0n) is 14.9. The molecular weight excluding hydrogens is 429 g/mol. The summed E-state index contributed by atoms with van der Waals surface area (Å²) in [6.45, 7) is 0.204. The van der Waals surface area contributed by atoms with Gasteiger partial charge in [-0.1, -0.05) is 11.6 Å². The summed E-state index contributed by atoms with van der Waals surface area (Å²) in [5, 5.41) is 5.97. The molecular formula is C18H14ClF3N4O2S. The van der Waals surface area contributed by atoms with Gasteiger partial charge in [0.1, 0.15) is 11.5 Å². The highest BCUT2D eigenvalue weighted by Gasteiger charge is 2.34. The molecule has 0 saturated carbocycles. The third-order valence-electron chi connectivity index (χ3n) is 3.64. The van der Waals surface area contributed by atoms with E-state index in [-0.39, 0.29) is 23.5 Å². The van der Waals surface area contributed by atoms with Gasteiger partial charge in [-0.15, -0.1) is 0 Å². The lowest BCUT2D eigenvalue weighted by molar-refractivity contribution is -0.141. The minimum absolute atomic E-state index is 0.0239. The topological polar surface area (TPSA) is 72.2 Å². The number of thiocarbonyl (C=S) groups is 1. The van der Waals surface area contributed by atoms with Crippen LogP contribution in [0.1, 0.15) is 11.5 Å². The Balaban J connectivity index is 1.63. The molecule has 0 amide bonds. The van der Waals surface area contributed by atoms with Crippen LogP contribution in [-0.4, -0.2) is 22.2 Å². The van der Waals surface area contributed by atoms with E-state index in [1.165, 1.54) is 7.11 Å². The number of benzene rings is 1. The Bertz CT molecular complexity index is 1010. The van der Waals surface area contributed by atoms with Crippen molar-refractivity contribution >= 4 is 34.9 Å². The van der Waals surface area contributed by atoms with Crippen LogP contribution in [0.25, 0.3) is 11.3 Å². The highest BCUT2D eigenvalue weighted by atomic mass is 35.5. The van der Waals surface area contributed by atoms with Gasteiger partial charge in [0.05, 0.1) is 13.7 Å². The number of nitrogens with zero attached hydrogens (tertiary/aromatic N) is 2. The molecule has 0 aliphatic carbocycles. The van der Waals surface area contributed by atoms with Crippen LogP contribution in [0.15, 0.2) is 46.9 Å². The van der Waals surface area contributed by atoms with Crippen molar-refractivity contribution in [1.82, 2.24) is 15.3 Å². The highest BCUT2D eigenvalue weighted by molar-refractivity contribution is 7.80. The second-order valence-electron chi connectivity index (χ2n) is 5.70. The van der Waals surface area contributed by atoms with Gasteiger partial charge in [-0.25, -0.2) is 4.98 Å². The largest absolute Gasteiger partial charge is 0.481 e. The quantitative estimate of drug-likeness (QED) is 0.544. The number of hydrogen-bond acceptors (Lipinski definition) is 5. The third-order valence-corrected chi connectivity index (χ3v) is 4.14. The number of aromatic nitrogens is 2. The lowest BCUT2D eigenvalue weighted by Gasteiger charge is -2.12. The van der Waals surface area contributed by atoms with E-state index in [1.807, 2.05) is 12.1 Å². The van der Waals surface area contributed by atoms with Gasteiger partial charge in [-0.05, 0) is 48.6 Å². The van der Waals surface area contributed by atoms with Gasteiger partial charge in [0.15, 0.2) is 10.8 Å². The number of anilines is 1. The molecule has 2 aromatic heterocycles. The van der Waals surface area contributed by atoms with Crippen LogP contribution >= 0.6 is 23.8 Å². The fourth-order valence-electron chi connectivity index (χ4n) is 2.29. The number of nitrogens with one attached hydrogen (secondary N) is 2. The average molecular weight is 443 g/mol. The maximum Gasteiger partial charge on any atom is 0.433 e. The van der Waals surface area contributed by atoms with Gasteiger partial charge < -0.3 is 19.8 Å². The molecule has 0 fully saturated rings. The summed E-state index contributed by atoms with van der Waals surface area (Å²) in [5.74, 6) is 0.636. The minimum atomic E-state index is -4.64. The number of furan rings is 1. The molecule has 0 saturated heterocycles. The van der Waals surface area contributed by atoms with Crippen molar-refractivity contribution in [2.24, 2.45) is 0 Å². The van der Waals surface area contributed by atoms with Gasteiger partial charge in [-0.2, -0.15) is 18.2 Å². The van der Waals surface area contributed by atoms with Crippen molar-refractivity contribution in [3.05, 3.63) is 58.9 Å².